The van der Waals surface area contributed by atoms with Gasteiger partial charge in [-0.2, -0.15) is 0 Å². The predicted octanol–water partition coefficient (Wildman–Crippen LogP) is 2.99. The molecule has 1 aromatic carbocycles. The first-order valence-electron chi connectivity index (χ1n) is 6.02. The summed E-state index contributed by atoms with van der Waals surface area (Å²) in [7, 11) is 0. The van der Waals surface area contributed by atoms with Crippen molar-refractivity contribution in [2.45, 2.75) is 27.2 Å². The highest BCUT2D eigenvalue weighted by Gasteiger charge is 2.10. The van der Waals surface area contributed by atoms with E-state index >= 15 is 0 Å². The second-order valence-corrected chi connectivity index (χ2v) is 4.81. The van der Waals surface area contributed by atoms with Crippen molar-refractivity contribution in [1.29, 1.82) is 0 Å². The molecule has 0 radical (unpaired) electrons. The molecule has 0 saturated carbocycles. The van der Waals surface area contributed by atoms with Crippen LogP contribution in [-0.4, -0.2) is 13.2 Å². The first-order chi connectivity index (χ1) is 7.63. The number of nitrogens with two attached hydrogens (primary N) is 1. The van der Waals surface area contributed by atoms with Gasteiger partial charge in [-0.15, -0.1) is 0 Å². The first kappa shape index (κ1) is 13.0. The zero-order valence-electron chi connectivity index (χ0n) is 10.6. The summed E-state index contributed by atoms with van der Waals surface area (Å²) in [6.45, 7) is 7.92. The van der Waals surface area contributed by atoms with Gasteiger partial charge in [0.15, 0.2) is 0 Å². The molecule has 0 aliphatic carbocycles. The summed E-state index contributed by atoms with van der Waals surface area (Å²) >= 11 is 0. The maximum Gasteiger partial charge on any atom is 0.122 e. The lowest BCUT2D eigenvalue weighted by atomic mass is 9.98. The lowest BCUT2D eigenvalue weighted by Gasteiger charge is -2.18. The van der Waals surface area contributed by atoms with Crippen molar-refractivity contribution in [3.05, 3.63) is 29.8 Å². The highest BCUT2D eigenvalue weighted by molar-refractivity contribution is 5.31. The lowest BCUT2D eigenvalue weighted by Crippen LogP contribution is -2.23. The molecule has 0 heterocycles. The minimum Gasteiger partial charge on any atom is -0.493 e. The second-order valence-electron chi connectivity index (χ2n) is 4.81. The highest BCUT2D eigenvalue weighted by atomic mass is 16.5. The minimum atomic E-state index is 0.458. The summed E-state index contributed by atoms with van der Waals surface area (Å²) < 4.78 is 5.81. The molecule has 2 N–H and O–H groups in total. The molecule has 0 fully saturated rings. The normalized spacial score (nSPS) is 12.8. The van der Waals surface area contributed by atoms with E-state index < -0.39 is 0 Å². The molecule has 1 aromatic rings. The van der Waals surface area contributed by atoms with E-state index in [1.807, 2.05) is 18.2 Å². The largest absolute Gasteiger partial charge is 0.493 e. The molecular weight excluding hydrogens is 198 g/mol. The van der Waals surface area contributed by atoms with Gasteiger partial charge in [0.2, 0.25) is 0 Å². The van der Waals surface area contributed by atoms with Crippen molar-refractivity contribution in [2.24, 2.45) is 17.6 Å². The molecule has 2 nitrogen and oxygen atoms in total. The van der Waals surface area contributed by atoms with Crippen molar-refractivity contribution in [2.75, 3.05) is 13.2 Å². The number of aryl methyl sites for hydroxylation is 1. The quantitative estimate of drug-likeness (QED) is 0.801. The van der Waals surface area contributed by atoms with E-state index in [-0.39, 0.29) is 0 Å². The molecule has 0 amide bonds. The van der Waals surface area contributed by atoms with E-state index in [2.05, 4.69) is 26.8 Å². The van der Waals surface area contributed by atoms with Gasteiger partial charge in [-0.25, -0.2) is 0 Å². The molecular formula is C14H23NO. The Balaban J connectivity index is 2.46. The van der Waals surface area contributed by atoms with E-state index in [0.717, 1.165) is 18.8 Å². The Bertz CT molecular complexity index is 309. The Morgan fingerprint density at radius 3 is 2.50 bits per heavy atom. The van der Waals surface area contributed by atoms with E-state index in [4.69, 9.17) is 10.5 Å². The third kappa shape index (κ3) is 4.23. The zero-order chi connectivity index (χ0) is 12.0. The molecule has 0 saturated heterocycles. The summed E-state index contributed by atoms with van der Waals surface area (Å²) in [4.78, 5) is 0. The maximum absolute atomic E-state index is 5.81. The van der Waals surface area contributed by atoms with Gasteiger partial charge < -0.3 is 10.5 Å². The average Bonchev–Trinajstić information content (AvgIpc) is 2.25. The van der Waals surface area contributed by atoms with Crippen LogP contribution in [0.1, 0.15) is 25.8 Å². The monoisotopic (exact) mass is 221 g/mol. The number of hydrogen-bond donors (Lipinski definition) is 1. The van der Waals surface area contributed by atoms with Crippen LogP contribution in [0.3, 0.4) is 0 Å². The lowest BCUT2D eigenvalue weighted by molar-refractivity contribution is 0.229. The Morgan fingerprint density at radius 1 is 1.25 bits per heavy atom. The standard InChI is InChI=1S/C14H23NO/c1-11(2)8-13(9-15)10-16-14-7-5-4-6-12(14)3/h4-7,11,13H,8-10,15H2,1-3H3. The summed E-state index contributed by atoms with van der Waals surface area (Å²) in [5.74, 6) is 2.11. The van der Waals surface area contributed by atoms with Crippen LogP contribution < -0.4 is 10.5 Å². The van der Waals surface area contributed by atoms with Crippen LogP contribution in [0.4, 0.5) is 0 Å². The molecule has 0 spiro atoms. The molecule has 0 aliphatic heterocycles. The fourth-order valence-electron chi connectivity index (χ4n) is 1.82. The van der Waals surface area contributed by atoms with Crippen molar-refractivity contribution in [3.8, 4) is 5.75 Å². The van der Waals surface area contributed by atoms with Gasteiger partial charge in [-0.05, 0) is 37.4 Å². The van der Waals surface area contributed by atoms with Crippen LogP contribution in [0.25, 0.3) is 0 Å². The zero-order valence-corrected chi connectivity index (χ0v) is 10.6. The van der Waals surface area contributed by atoms with Crippen molar-refractivity contribution in [3.63, 3.8) is 0 Å². The minimum absolute atomic E-state index is 0.458. The topological polar surface area (TPSA) is 35.2 Å². The van der Waals surface area contributed by atoms with Crippen molar-refractivity contribution in [1.82, 2.24) is 0 Å². The van der Waals surface area contributed by atoms with E-state index in [1.165, 1.54) is 5.56 Å². The van der Waals surface area contributed by atoms with Crippen LogP contribution in [-0.2, 0) is 0 Å². The van der Waals surface area contributed by atoms with Gasteiger partial charge in [0.1, 0.15) is 5.75 Å². The third-order valence-electron chi connectivity index (χ3n) is 2.71. The highest BCUT2D eigenvalue weighted by Crippen LogP contribution is 2.18. The molecule has 1 unspecified atom stereocenters. The molecule has 0 bridgehead atoms. The Kier molecular flexibility index (Phi) is 5.33. The molecule has 1 atom stereocenters. The summed E-state index contributed by atoms with van der Waals surface area (Å²) in [6, 6.07) is 8.10. The number of ether oxygens (including phenoxy) is 1. The van der Waals surface area contributed by atoms with Gasteiger partial charge in [0.25, 0.3) is 0 Å². The van der Waals surface area contributed by atoms with Gasteiger partial charge in [-0.1, -0.05) is 32.0 Å². The molecule has 1 rings (SSSR count). The Hall–Kier alpha value is -1.02. The summed E-state index contributed by atoms with van der Waals surface area (Å²) in [5, 5.41) is 0. The maximum atomic E-state index is 5.81. The summed E-state index contributed by atoms with van der Waals surface area (Å²) in [5.41, 5.74) is 6.93. The SMILES string of the molecule is Cc1ccccc1OCC(CN)CC(C)C. The number of rotatable bonds is 6. The Labute approximate surface area is 98.8 Å². The van der Waals surface area contributed by atoms with Gasteiger partial charge in [0, 0.05) is 5.92 Å². The van der Waals surface area contributed by atoms with Crippen molar-refractivity contribution < 1.29 is 4.74 Å². The molecule has 2 heteroatoms. The van der Waals surface area contributed by atoms with Crippen LogP contribution in [0.5, 0.6) is 5.75 Å². The van der Waals surface area contributed by atoms with Crippen LogP contribution in [0.2, 0.25) is 0 Å². The fraction of sp³-hybridized carbons (Fsp3) is 0.571. The third-order valence-corrected chi connectivity index (χ3v) is 2.71. The van der Waals surface area contributed by atoms with E-state index in [1.54, 1.807) is 0 Å². The molecule has 90 valence electrons. The first-order valence-corrected chi connectivity index (χ1v) is 6.02. The molecule has 0 aliphatic rings. The molecule has 16 heavy (non-hydrogen) atoms. The Morgan fingerprint density at radius 2 is 1.94 bits per heavy atom. The van der Waals surface area contributed by atoms with Gasteiger partial charge in [-0.3, -0.25) is 0 Å². The number of hydrogen-bond acceptors (Lipinski definition) is 2. The van der Waals surface area contributed by atoms with Crippen LogP contribution in [0, 0.1) is 18.8 Å². The number of para-hydroxylation sites is 1. The number of benzene rings is 1. The van der Waals surface area contributed by atoms with Crippen LogP contribution >= 0.6 is 0 Å². The predicted molar refractivity (Wildman–Crippen MR) is 68.7 cm³/mol. The van der Waals surface area contributed by atoms with E-state index in [9.17, 15) is 0 Å². The molecule has 0 aromatic heterocycles. The van der Waals surface area contributed by atoms with Gasteiger partial charge in [0.05, 0.1) is 6.61 Å². The van der Waals surface area contributed by atoms with Gasteiger partial charge >= 0.3 is 0 Å². The summed E-state index contributed by atoms with van der Waals surface area (Å²) in [6.07, 6.45) is 1.13. The van der Waals surface area contributed by atoms with E-state index in [0.29, 0.717) is 18.4 Å². The smallest absolute Gasteiger partial charge is 0.122 e. The van der Waals surface area contributed by atoms with Crippen molar-refractivity contribution >= 4 is 0 Å². The fourth-order valence-corrected chi connectivity index (χ4v) is 1.82. The second kappa shape index (κ2) is 6.54. The average molecular weight is 221 g/mol. The van der Waals surface area contributed by atoms with Crippen LogP contribution in [0.15, 0.2) is 24.3 Å².